The highest BCUT2D eigenvalue weighted by molar-refractivity contribution is 6.26. The topological polar surface area (TPSA) is 91.8 Å². The van der Waals surface area contributed by atoms with Crippen molar-refractivity contribution < 1.29 is 19.1 Å². The second-order valence-electron chi connectivity index (χ2n) is 7.69. The van der Waals surface area contributed by atoms with Crippen LogP contribution in [-0.2, 0) is 16.0 Å². The molecule has 0 fully saturated rings. The number of benzene rings is 1. The molecule has 1 N–H and O–H groups in total. The molecule has 26 heavy (non-hydrogen) atoms. The number of aryl methyl sites for hydroxylation is 1. The number of carbonyl (C=O) groups is 2. The fraction of sp³-hybridized carbons (Fsp3) is 0.550. The highest BCUT2D eigenvalue weighted by Gasteiger charge is 2.34. The Hall–Kier alpha value is -2.46. The number of carbonyl (C=O) groups excluding carboxylic acids is 2. The summed E-state index contributed by atoms with van der Waals surface area (Å²) in [5.41, 5.74) is 9.22. The predicted octanol–water partition coefficient (Wildman–Crippen LogP) is 3.65. The summed E-state index contributed by atoms with van der Waals surface area (Å²) < 4.78 is 5.35. The fourth-order valence-electron chi connectivity index (χ4n) is 2.90. The van der Waals surface area contributed by atoms with E-state index in [-0.39, 0.29) is 11.7 Å². The largest absolute Gasteiger partial charge is 0.444 e. The SMILES string of the molecule is CC(C)[C@@H](C(=O)C=[N+]=[N-])[C@H](CCc1ccccc1)NC(=O)OC(C)(C)C. The van der Waals surface area contributed by atoms with E-state index >= 15 is 0 Å². The van der Waals surface area contributed by atoms with E-state index in [2.05, 4.69) is 10.1 Å². The third-order valence-corrected chi connectivity index (χ3v) is 3.95. The van der Waals surface area contributed by atoms with E-state index in [9.17, 15) is 9.59 Å². The first-order valence-corrected chi connectivity index (χ1v) is 8.88. The lowest BCUT2D eigenvalue weighted by molar-refractivity contribution is -0.121. The van der Waals surface area contributed by atoms with Crippen LogP contribution in [0.1, 0.15) is 46.6 Å². The van der Waals surface area contributed by atoms with Gasteiger partial charge in [-0.25, -0.2) is 4.79 Å². The van der Waals surface area contributed by atoms with E-state index < -0.39 is 23.7 Å². The van der Waals surface area contributed by atoms with Gasteiger partial charge in [-0.3, -0.25) is 4.79 Å². The number of rotatable bonds is 8. The second-order valence-corrected chi connectivity index (χ2v) is 7.69. The lowest BCUT2D eigenvalue weighted by Crippen LogP contribution is -2.47. The van der Waals surface area contributed by atoms with Crippen molar-refractivity contribution in [3.8, 4) is 0 Å². The van der Waals surface area contributed by atoms with Gasteiger partial charge in [-0.15, -0.1) is 0 Å². The molecular weight excluding hydrogens is 330 g/mol. The average molecular weight is 359 g/mol. The molecule has 0 unspecified atom stereocenters. The van der Waals surface area contributed by atoms with Crippen LogP contribution in [0.3, 0.4) is 0 Å². The lowest BCUT2D eigenvalue weighted by atomic mass is 9.82. The number of ketones is 1. The van der Waals surface area contributed by atoms with Crippen LogP contribution in [0, 0.1) is 11.8 Å². The van der Waals surface area contributed by atoms with Crippen LogP contribution in [-0.4, -0.2) is 34.5 Å². The van der Waals surface area contributed by atoms with Gasteiger partial charge in [-0.2, -0.15) is 4.79 Å². The van der Waals surface area contributed by atoms with E-state index in [4.69, 9.17) is 10.3 Å². The van der Waals surface area contributed by atoms with Gasteiger partial charge in [0.15, 0.2) is 0 Å². The third-order valence-electron chi connectivity index (χ3n) is 3.95. The molecule has 1 amide bonds. The van der Waals surface area contributed by atoms with Crippen molar-refractivity contribution in [2.75, 3.05) is 0 Å². The molecule has 6 nitrogen and oxygen atoms in total. The van der Waals surface area contributed by atoms with Gasteiger partial charge in [0.25, 0.3) is 0 Å². The van der Waals surface area contributed by atoms with Crippen LogP contribution in [0.2, 0.25) is 0 Å². The maximum absolute atomic E-state index is 12.4. The summed E-state index contributed by atoms with van der Waals surface area (Å²) in [6.45, 7) is 9.17. The number of ether oxygens (including phenoxy) is 1. The first-order chi connectivity index (χ1) is 12.1. The Morgan fingerprint density at radius 1 is 1.23 bits per heavy atom. The van der Waals surface area contributed by atoms with Gasteiger partial charge in [0, 0.05) is 6.04 Å². The molecule has 0 aromatic heterocycles. The Balaban J connectivity index is 2.99. The van der Waals surface area contributed by atoms with E-state index in [1.807, 2.05) is 44.2 Å². The molecule has 1 aromatic carbocycles. The molecule has 0 aliphatic rings. The maximum Gasteiger partial charge on any atom is 0.407 e. The van der Waals surface area contributed by atoms with E-state index in [1.54, 1.807) is 20.8 Å². The van der Waals surface area contributed by atoms with Gasteiger partial charge in [0.2, 0.25) is 5.78 Å². The average Bonchev–Trinajstić information content (AvgIpc) is 2.51. The summed E-state index contributed by atoms with van der Waals surface area (Å²) in [5, 5.41) is 2.84. The van der Waals surface area contributed by atoms with Gasteiger partial charge in [-0.05, 0) is 45.1 Å². The highest BCUT2D eigenvalue weighted by Crippen LogP contribution is 2.21. The molecular formula is C20H29N3O3. The molecule has 0 aliphatic heterocycles. The Labute approximate surface area is 155 Å². The molecule has 0 aliphatic carbocycles. The number of nitrogens with zero attached hydrogens (tertiary/aromatic N) is 2. The smallest absolute Gasteiger partial charge is 0.407 e. The van der Waals surface area contributed by atoms with Gasteiger partial charge < -0.3 is 15.6 Å². The van der Waals surface area contributed by atoms with Crippen molar-refractivity contribution in [3.05, 3.63) is 41.4 Å². The van der Waals surface area contributed by atoms with Crippen molar-refractivity contribution in [3.63, 3.8) is 0 Å². The molecule has 142 valence electrons. The van der Waals surface area contributed by atoms with Crippen LogP contribution in [0.4, 0.5) is 4.79 Å². The van der Waals surface area contributed by atoms with Gasteiger partial charge in [-0.1, -0.05) is 44.2 Å². The van der Waals surface area contributed by atoms with Crippen molar-refractivity contribution in [1.82, 2.24) is 5.32 Å². The Bertz CT molecular complexity index is 644. The van der Waals surface area contributed by atoms with Crippen LogP contribution in [0.5, 0.6) is 0 Å². The molecule has 0 radical (unpaired) electrons. The standard InChI is InChI=1S/C20H29N3O3/c1-14(2)18(17(24)13-22-21)16(23-19(25)26-20(3,4)5)12-11-15-9-7-6-8-10-15/h6-10,13-14,16,18H,11-12H2,1-5H3,(H,23,25)/t16-,18+/m0/s1. The molecule has 0 saturated heterocycles. The normalized spacial score (nSPS) is 13.5. The zero-order valence-corrected chi connectivity index (χ0v) is 16.2. The number of Topliss-reactive ketones (excluding diaryl/α,β-unsaturated/α-hetero) is 1. The summed E-state index contributed by atoms with van der Waals surface area (Å²) in [7, 11) is 0. The molecule has 1 aromatic rings. The Morgan fingerprint density at radius 2 is 1.85 bits per heavy atom. The summed E-state index contributed by atoms with van der Waals surface area (Å²) in [4.78, 5) is 27.5. The van der Waals surface area contributed by atoms with Crippen molar-refractivity contribution in [1.29, 1.82) is 0 Å². The zero-order valence-electron chi connectivity index (χ0n) is 16.2. The monoisotopic (exact) mass is 359 g/mol. The molecule has 0 bridgehead atoms. The minimum absolute atomic E-state index is 0.0452. The van der Waals surface area contributed by atoms with Crippen LogP contribution >= 0.6 is 0 Å². The molecule has 1 rings (SSSR count). The molecule has 0 spiro atoms. The van der Waals surface area contributed by atoms with Gasteiger partial charge in [0.1, 0.15) is 5.60 Å². The van der Waals surface area contributed by atoms with Crippen LogP contribution in [0.25, 0.3) is 5.53 Å². The molecule has 0 heterocycles. The maximum atomic E-state index is 12.4. The van der Waals surface area contributed by atoms with Crippen LogP contribution in [0.15, 0.2) is 30.3 Å². The van der Waals surface area contributed by atoms with Crippen molar-refractivity contribution in [2.24, 2.45) is 11.8 Å². The number of hydrogen-bond acceptors (Lipinski definition) is 3. The predicted molar refractivity (Wildman–Crippen MR) is 101 cm³/mol. The Morgan fingerprint density at radius 3 is 2.35 bits per heavy atom. The van der Waals surface area contributed by atoms with E-state index in [0.717, 1.165) is 11.8 Å². The summed E-state index contributed by atoms with van der Waals surface area (Å²) in [5.74, 6) is -0.880. The number of alkyl carbamates (subject to hydrolysis) is 1. The molecule has 6 heteroatoms. The second kappa shape index (κ2) is 9.88. The quantitative estimate of drug-likeness (QED) is 0.436. The minimum atomic E-state index is -0.627. The molecule has 0 saturated carbocycles. The van der Waals surface area contributed by atoms with E-state index in [0.29, 0.717) is 12.8 Å². The highest BCUT2D eigenvalue weighted by atomic mass is 16.6. The van der Waals surface area contributed by atoms with Gasteiger partial charge >= 0.3 is 12.3 Å². The Kier molecular flexibility index (Phi) is 8.20. The lowest BCUT2D eigenvalue weighted by Gasteiger charge is -2.29. The van der Waals surface area contributed by atoms with Gasteiger partial charge in [0.05, 0.1) is 5.92 Å². The van der Waals surface area contributed by atoms with E-state index in [1.165, 1.54) is 0 Å². The number of amides is 1. The first-order valence-electron chi connectivity index (χ1n) is 8.88. The summed E-state index contributed by atoms with van der Waals surface area (Å²) in [6, 6.07) is 9.43. The van der Waals surface area contributed by atoms with Crippen LogP contribution < -0.4 is 5.32 Å². The molecule has 2 atom stereocenters. The third kappa shape index (κ3) is 7.62. The minimum Gasteiger partial charge on any atom is -0.444 e. The zero-order chi connectivity index (χ0) is 19.7. The van der Waals surface area contributed by atoms with Crippen molar-refractivity contribution >= 4 is 18.1 Å². The summed E-state index contributed by atoms with van der Waals surface area (Å²) >= 11 is 0. The number of hydrogen-bond donors (Lipinski definition) is 1. The van der Waals surface area contributed by atoms with Crippen molar-refractivity contribution in [2.45, 2.75) is 59.1 Å². The fourth-order valence-corrected chi connectivity index (χ4v) is 2.90. The summed E-state index contributed by atoms with van der Waals surface area (Å²) in [6.07, 6.45) is 1.61. The number of nitrogens with one attached hydrogen (secondary N) is 1. The first kappa shape index (κ1) is 21.6.